The van der Waals surface area contributed by atoms with Gasteiger partial charge in [0.1, 0.15) is 5.58 Å². The molecule has 9 aromatic rings. The second-order valence-corrected chi connectivity index (χ2v) is 17.8. The van der Waals surface area contributed by atoms with Gasteiger partial charge in [0.05, 0.1) is 16.9 Å². The van der Waals surface area contributed by atoms with E-state index in [0.717, 1.165) is 83.5 Å². The fourth-order valence-electron chi connectivity index (χ4n) is 8.35. The Bertz CT molecular complexity index is 3660. The molecule has 0 spiro atoms. The predicted molar refractivity (Wildman–Crippen MR) is 288 cm³/mol. The van der Waals surface area contributed by atoms with Crippen molar-refractivity contribution in [2.75, 3.05) is 0 Å². The van der Waals surface area contributed by atoms with Gasteiger partial charge in [-0.25, -0.2) is 0 Å². The predicted octanol–water partition coefficient (Wildman–Crippen LogP) is 17.3. The molecule has 0 unspecified atom stereocenters. The molecular weight excluding hydrogens is 1010 g/mol. The van der Waals surface area contributed by atoms with Crippen molar-refractivity contribution >= 4 is 66.7 Å². The van der Waals surface area contributed by atoms with Crippen LogP contribution >= 0.6 is 0 Å². The SMILES string of the molecule is [2H]C([2H])([2H])c1c[c-]c(-c2nc3cccc(C([2H])(C)C)c3n2-c2ccccc2)cc1C(=C)/C=C\C=C/C.[2H]C([2H])(c1ccc(C(=C/C=[N-])/C=C(\C)c2[c-]ccc3c2oc2c4ccccc4ccc32)cc1)C(C)(C)C.[Ir+3]. The second kappa shape index (κ2) is 21.4. The van der Waals surface area contributed by atoms with Crippen molar-refractivity contribution in [3.63, 3.8) is 0 Å². The molecule has 2 heterocycles. The number of aromatic nitrogens is 2. The molecule has 340 valence electrons. The van der Waals surface area contributed by atoms with Crippen molar-refractivity contribution in [1.29, 1.82) is 0 Å². The van der Waals surface area contributed by atoms with Crippen molar-refractivity contribution in [2.24, 2.45) is 5.41 Å². The fourth-order valence-corrected chi connectivity index (χ4v) is 8.35. The van der Waals surface area contributed by atoms with Crippen LogP contribution in [0.5, 0.6) is 0 Å². The molecule has 7 aromatic carbocycles. The molecule has 0 atom stereocenters. The Hall–Kier alpha value is -6.91. The van der Waals surface area contributed by atoms with Gasteiger partial charge in [0.2, 0.25) is 0 Å². The van der Waals surface area contributed by atoms with Crippen LogP contribution in [0.3, 0.4) is 0 Å². The maximum absolute atomic E-state index is 9.62. The zero-order valence-corrected chi connectivity index (χ0v) is 41.9. The van der Waals surface area contributed by atoms with Crippen molar-refractivity contribution in [1.82, 2.24) is 9.55 Å². The van der Waals surface area contributed by atoms with Crippen LogP contribution in [0.25, 0.3) is 82.9 Å². The molecule has 0 N–H and O–H groups in total. The van der Waals surface area contributed by atoms with Gasteiger partial charge in [0, 0.05) is 30.3 Å². The van der Waals surface area contributed by atoms with Crippen molar-refractivity contribution < 1.29 is 32.7 Å². The minimum Gasteiger partial charge on any atom is -0.811 e. The Balaban J connectivity index is 0.000000213. The van der Waals surface area contributed by atoms with Gasteiger partial charge >= 0.3 is 20.1 Å². The summed E-state index contributed by atoms with van der Waals surface area (Å²) in [7, 11) is 0. The number of aryl methyl sites for hydroxylation is 1. The average molecular weight is 1070 g/mol. The van der Waals surface area contributed by atoms with Crippen LogP contribution < -0.4 is 0 Å². The minimum absolute atomic E-state index is 0. The topological polar surface area (TPSA) is 53.3 Å². The zero-order valence-electron chi connectivity index (χ0n) is 45.5. The van der Waals surface area contributed by atoms with Crippen LogP contribution in [0.1, 0.15) is 96.0 Å². The summed E-state index contributed by atoms with van der Waals surface area (Å²) in [6.07, 6.45) is 10.6. The summed E-state index contributed by atoms with van der Waals surface area (Å²) in [6.45, 7) is 15.2. The molecule has 9 rings (SSSR count). The van der Waals surface area contributed by atoms with Gasteiger partial charge in [-0.2, -0.15) is 6.21 Å². The molecule has 0 fully saturated rings. The average Bonchev–Trinajstić information content (AvgIpc) is 3.95. The number of imidazole rings is 1. The van der Waals surface area contributed by atoms with Gasteiger partial charge in [-0.3, -0.25) is 4.98 Å². The van der Waals surface area contributed by atoms with E-state index in [0.29, 0.717) is 28.1 Å². The Labute approximate surface area is 424 Å². The molecule has 0 saturated carbocycles. The first kappa shape index (κ1) is 41.3. The number of nitrogens with zero attached hydrogens (tertiary/aromatic N) is 3. The summed E-state index contributed by atoms with van der Waals surface area (Å²) in [5.74, 6) is -0.230. The van der Waals surface area contributed by atoms with Gasteiger partial charge in [-0.15, -0.1) is 58.7 Å². The maximum atomic E-state index is 9.62. The van der Waals surface area contributed by atoms with E-state index >= 15 is 0 Å². The quantitative estimate of drug-likeness (QED) is 0.0736. The maximum Gasteiger partial charge on any atom is 3.00 e. The Morgan fingerprint density at radius 3 is 2.37 bits per heavy atom. The molecule has 68 heavy (non-hydrogen) atoms. The summed E-state index contributed by atoms with van der Waals surface area (Å²) in [4.78, 5) is 4.95. The van der Waals surface area contributed by atoms with Gasteiger partial charge in [0.25, 0.3) is 0 Å². The fraction of sp³-hybridized carbons (Fsp3) is 0.175. The van der Waals surface area contributed by atoms with Gasteiger partial charge < -0.3 is 14.4 Å². The van der Waals surface area contributed by atoms with Crippen LogP contribution in [0.2, 0.25) is 0 Å². The number of fused-ring (bicyclic) bond motifs is 6. The van der Waals surface area contributed by atoms with E-state index in [9.17, 15) is 5.41 Å². The van der Waals surface area contributed by atoms with E-state index in [4.69, 9.17) is 17.6 Å². The third-order valence-electron chi connectivity index (χ3n) is 11.4. The number of benzene rings is 7. The standard InChI is InChI=1S/C33H29NO.C30H29N2.Ir/c1-22(20-26(18-19-34)24-14-12-23(13-15-24)21-33(2,3)4)27-10-7-11-29-30-17-16-25-8-5-6-9-28(25)32(30)35-31(27)29;1-6-7-9-13-22(4)27-20-24(19-18-23(27)5)30-31-28-17-12-16-26(21(2)3)29(28)32(30)25-14-10-8-11-15-25;/h5-9,11-20H,21H2,1-4H3;6-18,20-21H,4H2,1-3,5H3;/q-2;-1;+3/b22-20+,26-18+;7-6-,13-9-;/i21D2;5D3,21D;. The largest absolute Gasteiger partial charge is 3.00 e. The van der Waals surface area contributed by atoms with Gasteiger partial charge in [-0.05, 0) is 76.0 Å². The molecule has 0 radical (unpaired) electrons. The molecular formula is C63H58IrN3O. The Kier molecular flexibility index (Phi) is 13.0. The van der Waals surface area contributed by atoms with E-state index in [1.54, 1.807) is 18.2 Å². The molecule has 0 saturated heterocycles. The Morgan fingerprint density at radius 1 is 0.897 bits per heavy atom. The minimum atomic E-state index is -2.32. The number of para-hydroxylation sites is 2. The Morgan fingerprint density at radius 2 is 1.65 bits per heavy atom. The number of hydrogen-bond donors (Lipinski definition) is 0. The molecule has 0 bridgehead atoms. The summed E-state index contributed by atoms with van der Waals surface area (Å²) >= 11 is 0. The first-order chi connectivity index (χ1) is 34.6. The van der Waals surface area contributed by atoms with Crippen LogP contribution in [0, 0.1) is 24.4 Å². The smallest absolute Gasteiger partial charge is 0.811 e. The molecule has 2 aromatic heterocycles. The molecule has 4 nitrogen and oxygen atoms in total. The van der Waals surface area contributed by atoms with E-state index < -0.39 is 24.5 Å². The summed E-state index contributed by atoms with van der Waals surface area (Å²) in [5, 5.41) is 13.9. The second-order valence-electron chi connectivity index (χ2n) is 17.8. The van der Waals surface area contributed by atoms with Crippen LogP contribution in [0.4, 0.5) is 0 Å². The van der Waals surface area contributed by atoms with E-state index in [2.05, 4.69) is 43.0 Å². The number of furan rings is 1. The molecule has 0 amide bonds. The van der Waals surface area contributed by atoms with Crippen molar-refractivity contribution in [3.05, 3.63) is 227 Å². The van der Waals surface area contributed by atoms with Crippen LogP contribution in [0.15, 0.2) is 181 Å². The van der Waals surface area contributed by atoms with E-state index in [1.807, 2.05) is 174 Å². The molecule has 0 aliphatic carbocycles. The number of allylic oxidation sites excluding steroid dienone is 9. The summed E-state index contributed by atoms with van der Waals surface area (Å²) in [5.41, 5.74) is 10.5. The molecule has 0 aliphatic rings. The van der Waals surface area contributed by atoms with Gasteiger partial charge in [-0.1, -0.05) is 193 Å². The normalized spacial score (nSPS) is 14.2. The first-order valence-electron chi connectivity index (χ1n) is 25.5. The van der Waals surface area contributed by atoms with E-state index in [-0.39, 0.29) is 25.7 Å². The van der Waals surface area contributed by atoms with Crippen LogP contribution in [-0.2, 0) is 26.5 Å². The zero-order chi connectivity index (χ0) is 52.5. The molecule has 0 aliphatic heterocycles. The monoisotopic (exact) mass is 1070 g/mol. The van der Waals surface area contributed by atoms with Crippen molar-refractivity contribution in [3.8, 4) is 17.1 Å². The van der Waals surface area contributed by atoms with E-state index in [1.165, 1.54) is 6.07 Å². The summed E-state index contributed by atoms with van der Waals surface area (Å²) in [6, 6.07) is 49.4. The number of hydrogen-bond acceptors (Lipinski definition) is 2. The first-order valence-corrected chi connectivity index (χ1v) is 22.5. The van der Waals surface area contributed by atoms with Crippen LogP contribution in [-0.4, -0.2) is 15.8 Å². The van der Waals surface area contributed by atoms with Gasteiger partial charge in [0.15, 0.2) is 0 Å². The third kappa shape index (κ3) is 10.6. The van der Waals surface area contributed by atoms with Crippen molar-refractivity contribution in [2.45, 2.75) is 67.6 Å². The summed E-state index contributed by atoms with van der Waals surface area (Å²) < 4.78 is 58.5. The third-order valence-corrected chi connectivity index (χ3v) is 11.4. The molecule has 5 heteroatoms. The number of rotatable bonds is 11.